The number of hydrogen-bond donors (Lipinski definition) is 2. The summed E-state index contributed by atoms with van der Waals surface area (Å²) in [6.07, 6.45) is 3.62. The first-order chi connectivity index (χ1) is 29.3. The number of ketones is 1. The van der Waals surface area contributed by atoms with Crippen LogP contribution in [0, 0.1) is 42.4 Å². The molecule has 61 heavy (non-hydrogen) atoms. The summed E-state index contributed by atoms with van der Waals surface area (Å²) in [5, 5.41) is 16.4. The van der Waals surface area contributed by atoms with E-state index in [1.807, 2.05) is 32.0 Å². The summed E-state index contributed by atoms with van der Waals surface area (Å²) in [5.41, 5.74) is 2.62. The molecule has 3 aliphatic carbocycles. The van der Waals surface area contributed by atoms with E-state index in [0.717, 1.165) is 30.5 Å². The zero-order chi connectivity index (χ0) is 43.7. The van der Waals surface area contributed by atoms with Gasteiger partial charge in [0.25, 0.3) is 0 Å². The maximum Gasteiger partial charge on any atom is 0.306 e. The standard InChI is InChI=1S/C48H74N2O11/c1-11-29-16-14-18-38(61-40-20-19-37(50(6)7)27(4)57-40)26(3)43(52)35-23-32-31-21-30(60-48-47(56-10)46(55-9)45(54-8)28(5)58-48)22-34(31)44(53)42(41(32)33(35)24-39(51)59-29)49-36-17-13-12-15-25(36)2/h12-13,15,17,23,26-34,37-38,40-42,44-49,53H,11,14,16,18-22,24H2,1-10H3/t26-,27?,28?,29+,30+,31+,32+,33-,34-,37+,38+,40+,41-,42-,44-,45+,46?,47?,48+/m1/s1. The normalized spacial score (nSPS) is 43.3. The molecule has 1 aromatic carbocycles. The lowest BCUT2D eigenvalue weighted by Gasteiger charge is -2.48. The average molecular weight is 855 g/mol. The molecule has 0 spiro atoms. The monoisotopic (exact) mass is 855 g/mol. The van der Waals surface area contributed by atoms with Gasteiger partial charge in [0, 0.05) is 44.9 Å². The number of fused-ring (bicyclic) bond motifs is 5. The first-order valence-corrected chi connectivity index (χ1v) is 23.1. The number of benzene rings is 1. The number of esters is 1. The Morgan fingerprint density at radius 2 is 1.59 bits per heavy atom. The predicted octanol–water partition coefficient (Wildman–Crippen LogP) is 6.08. The Morgan fingerprint density at radius 1 is 0.869 bits per heavy atom. The van der Waals surface area contributed by atoms with Crippen molar-refractivity contribution in [2.75, 3.05) is 40.7 Å². The minimum absolute atomic E-state index is 0.00264. The third kappa shape index (κ3) is 9.66. The molecule has 4 unspecified atom stereocenters. The molecule has 3 aliphatic heterocycles. The van der Waals surface area contributed by atoms with Crippen LogP contribution in [0.25, 0.3) is 0 Å². The SMILES string of the molecule is CC[C@H]1CCC[C@H](O[C@H]2CC[C@H](N(C)C)C(C)O2)[C@@H](C)C(=O)C2=C[C@H]3[C@@H]4C[C@H](O[C@@H]5OC(C)[C@H](OC)C(OC)C5OC)C[C@H]4[C@@H](O)[C@H](Nc4ccccc4C)[C@H]3[C@@H]2CC(=O)O1. The molecule has 0 bridgehead atoms. The highest BCUT2D eigenvalue weighted by Gasteiger charge is 2.60. The molecular weight excluding hydrogens is 781 g/mol. The molecule has 13 nitrogen and oxygen atoms in total. The molecule has 3 saturated heterocycles. The fraction of sp³-hybridized carbons (Fsp3) is 0.792. The average Bonchev–Trinajstić information content (AvgIpc) is 3.82. The number of carbonyl (C=O) groups is 2. The molecule has 6 aliphatic rings. The number of aryl methyl sites for hydroxylation is 1. The highest BCUT2D eigenvalue weighted by atomic mass is 16.7. The van der Waals surface area contributed by atoms with E-state index in [0.29, 0.717) is 43.7 Å². The number of aliphatic hydroxyl groups is 1. The summed E-state index contributed by atoms with van der Waals surface area (Å²) >= 11 is 0. The van der Waals surface area contributed by atoms with Gasteiger partial charge in [-0.3, -0.25) is 9.59 Å². The number of hydrogen-bond acceptors (Lipinski definition) is 13. The Kier molecular flexibility index (Phi) is 15.4. The molecule has 0 aromatic heterocycles. The maximum absolute atomic E-state index is 15.2. The van der Waals surface area contributed by atoms with Crippen molar-refractivity contribution in [1.29, 1.82) is 0 Å². The van der Waals surface area contributed by atoms with Gasteiger partial charge in [0.15, 0.2) is 18.4 Å². The molecule has 342 valence electrons. The number of allylic oxidation sites excluding steroid dienone is 2. The van der Waals surface area contributed by atoms with Gasteiger partial charge in [-0.25, -0.2) is 0 Å². The van der Waals surface area contributed by atoms with E-state index >= 15 is 4.79 Å². The number of cyclic esters (lactones) is 1. The number of Topliss-reactive ketones (excluding diaryl/α,β-unsaturated/α-hetero) is 1. The lowest BCUT2D eigenvalue weighted by molar-refractivity contribution is -0.314. The summed E-state index contributed by atoms with van der Waals surface area (Å²) in [5.74, 6) is -1.78. The van der Waals surface area contributed by atoms with Crippen LogP contribution < -0.4 is 5.32 Å². The number of anilines is 1. The van der Waals surface area contributed by atoms with Crippen LogP contribution in [0.2, 0.25) is 0 Å². The third-order valence-corrected chi connectivity index (χ3v) is 15.4. The minimum atomic E-state index is -0.790. The van der Waals surface area contributed by atoms with Gasteiger partial charge in [-0.2, -0.15) is 0 Å². The van der Waals surface area contributed by atoms with Crippen LogP contribution in [-0.2, 0) is 47.5 Å². The molecule has 0 amide bonds. The quantitative estimate of drug-likeness (QED) is 0.249. The molecule has 0 radical (unpaired) electrons. The van der Waals surface area contributed by atoms with Crippen molar-refractivity contribution in [1.82, 2.24) is 4.90 Å². The summed E-state index contributed by atoms with van der Waals surface area (Å²) in [6, 6.07) is 7.92. The molecule has 19 atom stereocenters. The molecule has 5 fully saturated rings. The van der Waals surface area contributed by atoms with E-state index in [1.54, 1.807) is 21.3 Å². The van der Waals surface area contributed by atoms with Crippen molar-refractivity contribution in [3.05, 3.63) is 41.5 Å². The van der Waals surface area contributed by atoms with Gasteiger partial charge in [-0.15, -0.1) is 0 Å². The number of likely N-dealkylation sites (N-methyl/N-ethyl adjacent to an activating group) is 1. The van der Waals surface area contributed by atoms with Gasteiger partial charge in [0.05, 0.1) is 43.0 Å². The summed E-state index contributed by atoms with van der Waals surface area (Å²) < 4.78 is 50.2. The number of ether oxygens (including phenoxy) is 8. The molecule has 7 rings (SSSR count). The van der Waals surface area contributed by atoms with Crippen LogP contribution in [0.4, 0.5) is 5.69 Å². The van der Waals surface area contributed by atoms with Gasteiger partial charge < -0.3 is 53.2 Å². The molecule has 2 saturated carbocycles. The number of carbonyl (C=O) groups excluding carboxylic acids is 2. The van der Waals surface area contributed by atoms with Gasteiger partial charge in [-0.1, -0.05) is 38.1 Å². The number of nitrogens with zero attached hydrogens (tertiary/aromatic N) is 1. The zero-order valence-electron chi connectivity index (χ0n) is 38.2. The van der Waals surface area contributed by atoms with Crippen molar-refractivity contribution in [2.45, 2.75) is 172 Å². The number of aliphatic hydroxyl groups excluding tert-OH is 1. The number of methoxy groups -OCH3 is 3. The largest absolute Gasteiger partial charge is 0.462 e. The van der Waals surface area contributed by atoms with Gasteiger partial charge in [0.1, 0.15) is 24.4 Å². The van der Waals surface area contributed by atoms with Crippen LogP contribution in [0.1, 0.15) is 91.0 Å². The molecule has 1 aromatic rings. The topological polar surface area (TPSA) is 143 Å². The van der Waals surface area contributed by atoms with Crippen molar-refractivity contribution < 1.29 is 52.6 Å². The van der Waals surface area contributed by atoms with E-state index in [9.17, 15) is 9.90 Å². The highest BCUT2D eigenvalue weighted by molar-refractivity contribution is 5.99. The van der Waals surface area contributed by atoms with Crippen molar-refractivity contribution in [3.8, 4) is 0 Å². The summed E-state index contributed by atoms with van der Waals surface area (Å²) in [6.45, 7) is 10.1. The highest BCUT2D eigenvalue weighted by Crippen LogP contribution is 2.57. The van der Waals surface area contributed by atoms with E-state index < -0.39 is 48.8 Å². The van der Waals surface area contributed by atoms with Crippen molar-refractivity contribution >= 4 is 17.4 Å². The van der Waals surface area contributed by atoms with Gasteiger partial charge >= 0.3 is 5.97 Å². The third-order valence-electron chi connectivity index (χ3n) is 15.4. The fourth-order valence-corrected chi connectivity index (χ4v) is 12.1. The number of rotatable bonds is 11. The van der Waals surface area contributed by atoms with Crippen LogP contribution in [-0.4, -0.2) is 137 Å². The van der Waals surface area contributed by atoms with E-state index in [2.05, 4.69) is 57.2 Å². The fourth-order valence-electron chi connectivity index (χ4n) is 12.1. The Morgan fingerprint density at radius 3 is 2.26 bits per heavy atom. The second-order valence-corrected chi connectivity index (χ2v) is 19.1. The Bertz CT molecular complexity index is 1680. The van der Waals surface area contributed by atoms with Crippen molar-refractivity contribution in [3.63, 3.8) is 0 Å². The molecule has 13 heteroatoms. The lowest BCUT2D eigenvalue weighted by Crippen LogP contribution is -2.59. The van der Waals surface area contributed by atoms with Crippen LogP contribution >= 0.6 is 0 Å². The van der Waals surface area contributed by atoms with Crippen molar-refractivity contribution in [2.24, 2.45) is 35.5 Å². The molecular formula is C48H74N2O11. The zero-order valence-corrected chi connectivity index (χ0v) is 38.2. The summed E-state index contributed by atoms with van der Waals surface area (Å²) in [7, 11) is 9.07. The Hall–Kier alpha value is -2.46. The van der Waals surface area contributed by atoms with E-state index in [4.69, 9.17) is 37.9 Å². The predicted molar refractivity (Wildman–Crippen MR) is 230 cm³/mol. The lowest BCUT2D eigenvalue weighted by atomic mass is 9.62. The number of nitrogens with one attached hydrogen (secondary N) is 1. The molecule has 3 heterocycles. The van der Waals surface area contributed by atoms with E-state index in [1.165, 1.54) is 0 Å². The Labute approximate surface area is 363 Å². The van der Waals surface area contributed by atoms with Crippen LogP contribution in [0.5, 0.6) is 0 Å². The van der Waals surface area contributed by atoms with Crippen LogP contribution in [0.15, 0.2) is 35.9 Å². The smallest absolute Gasteiger partial charge is 0.306 e. The van der Waals surface area contributed by atoms with E-state index in [-0.39, 0.29) is 78.5 Å². The molecule has 2 N–H and O–H groups in total. The van der Waals surface area contributed by atoms with Crippen LogP contribution in [0.3, 0.4) is 0 Å². The number of para-hydroxylation sites is 1. The maximum atomic E-state index is 15.2. The Balaban J connectivity index is 1.21. The first kappa shape index (κ1) is 46.5. The first-order valence-electron chi connectivity index (χ1n) is 23.1. The minimum Gasteiger partial charge on any atom is -0.462 e. The second kappa shape index (κ2) is 20.2. The second-order valence-electron chi connectivity index (χ2n) is 19.1. The van der Waals surface area contributed by atoms with Gasteiger partial charge in [0.2, 0.25) is 0 Å². The van der Waals surface area contributed by atoms with Gasteiger partial charge in [-0.05, 0) is 127 Å². The summed E-state index contributed by atoms with van der Waals surface area (Å²) in [4.78, 5) is 31.4.